The van der Waals surface area contributed by atoms with Crippen LogP contribution in [0.5, 0.6) is 5.75 Å². The molecular formula is C36H47N2O3+. The monoisotopic (exact) mass is 555 g/mol. The predicted octanol–water partition coefficient (Wildman–Crippen LogP) is 7.20. The molecule has 2 saturated carbocycles. The number of methoxy groups -OCH3 is 1. The van der Waals surface area contributed by atoms with Crippen molar-refractivity contribution in [1.29, 1.82) is 0 Å². The van der Waals surface area contributed by atoms with Crippen LogP contribution in [0.2, 0.25) is 0 Å². The third-order valence-corrected chi connectivity index (χ3v) is 10.1. The minimum absolute atomic E-state index is 0.0497. The number of piperidine rings is 1. The number of benzene rings is 3. The van der Waals surface area contributed by atoms with E-state index in [1.807, 2.05) is 13.2 Å². The van der Waals surface area contributed by atoms with E-state index in [4.69, 9.17) is 9.47 Å². The molecule has 218 valence electrons. The van der Waals surface area contributed by atoms with Crippen molar-refractivity contribution < 1.29 is 18.8 Å². The van der Waals surface area contributed by atoms with E-state index in [0.29, 0.717) is 17.6 Å². The summed E-state index contributed by atoms with van der Waals surface area (Å²) in [5.74, 6) is 2.33. The Kier molecular flexibility index (Phi) is 7.86. The van der Waals surface area contributed by atoms with Gasteiger partial charge in [-0.1, -0.05) is 56.3 Å². The molecule has 0 amide bonds. The number of fused-ring (bicyclic) bond motifs is 2. The third kappa shape index (κ3) is 6.03. The van der Waals surface area contributed by atoms with Gasteiger partial charge in [-0.15, -0.1) is 0 Å². The van der Waals surface area contributed by atoms with Crippen LogP contribution < -0.4 is 10.1 Å². The summed E-state index contributed by atoms with van der Waals surface area (Å²) in [5, 5.41) is 6.45. The highest BCUT2D eigenvalue weighted by molar-refractivity contribution is 5.85. The number of quaternary nitrogens is 1. The number of hydrogen-bond donors (Lipinski definition) is 1. The van der Waals surface area contributed by atoms with Crippen molar-refractivity contribution >= 4 is 22.4 Å². The quantitative estimate of drug-likeness (QED) is 0.172. The van der Waals surface area contributed by atoms with Crippen molar-refractivity contribution in [2.75, 3.05) is 38.6 Å². The molecule has 2 aliphatic carbocycles. The number of nitrogens with zero attached hydrogens (tertiary/aromatic N) is 1. The highest BCUT2D eigenvalue weighted by atomic mass is 16.5. The van der Waals surface area contributed by atoms with E-state index in [1.165, 1.54) is 65.9 Å². The number of carbonyl (C=O) groups is 1. The summed E-state index contributed by atoms with van der Waals surface area (Å²) in [7, 11) is 1.91. The van der Waals surface area contributed by atoms with Gasteiger partial charge in [-0.25, -0.2) is 0 Å². The molecule has 1 unspecified atom stereocenters. The van der Waals surface area contributed by atoms with Gasteiger partial charge in [0.2, 0.25) is 0 Å². The summed E-state index contributed by atoms with van der Waals surface area (Å²) in [6.07, 6.45) is 6.09. The molecule has 0 bridgehead atoms. The maximum absolute atomic E-state index is 11.9. The molecule has 3 aromatic rings. The lowest BCUT2D eigenvalue weighted by Crippen LogP contribution is -2.67. The number of anilines is 1. The average molecular weight is 556 g/mol. The van der Waals surface area contributed by atoms with Crippen molar-refractivity contribution in [3.8, 4) is 5.75 Å². The Morgan fingerprint density at radius 2 is 1.85 bits per heavy atom. The van der Waals surface area contributed by atoms with Crippen LogP contribution in [0.15, 0.2) is 66.7 Å². The second-order valence-corrected chi connectivity index (χ2v) is 13.7. The van der Waals surface area contributed by atoms with Gasteiger partial charge >= 0.3 is 5.97 Å². The average Bonchev–Trinajstić information content (AvgIpc) is 3.76. The fourth-order valence-corrected chi connectivity index (χ4v) is 8.43. The Morgan fingerprint density at radius 3 is 2.59 bits per heavy atom. The number of rotatable bonds is 9. The van der Waals surface area contributed by atoms with E-state index in [-0.39, 0.29) is 23.5 Å². The molecule has 0 radical (unpaired) electrons. The van der Waals surface area contributed by atoms with Crippen molar-refractivity contribution in [3.05, 3.63) is 72.3 Å². The Balaban J connectivity index is 1.37. The maximum Gasteiger partial charge on any atom is 0.308 e. The highest BCUT2D eigenvalue weighted by Gasteiger charge is 2.57. The molecule has 5 atom stereocenters. The molecular weight excluding hydrogens is 508 g/mol. The lowest BCUT2D eigenvalue weighted by molar-refractivity contribution is -0.942. The van der Waals surface area contributed by atoms with Crippen molar-refractivity contribution in [2.24, 2.45) is 17.8 Å². The first kappa shape index (κ1) is 28.2. The largest absolute Gasteiger partial charge is 0.427 e. The zero-order valence-corrected chi connectivity index (χ0v) is 25.3. The third-order valence-electron chi connectivity index (χ3n) is 10.1. The van der Waals surface area contributed by atoms with Crippen molar-refractivity contribution in [2.45, 2.75) is 70.4 Å². The zero-order valence-electron chi connectivity index (χ0n) is 25.3. The minimum Gasteiger partial charge on any atom is -0.427 e. The molecule has 41 heavy (non-hydrogen) atoms. The van der Waals surface area contributed by atoms with Crippen LogP contribution in [0.3, 0.4) is 0 Å². The number of esters is 1. The Labute approximate surface area is 245 Å². The van der Waals surface area contributed by atoms with E-state index in [9.17, 15) is 4.79 Å². The van der Waals surface area contributed by atoms with E-state index >= 15 is 0 Å². The molecule has 3 aromatic carbocycles. The van der Waals surface area contributed by atoms with Gasteiger partial charge in [0.05, 0.1) is 32.3 Å². The smallest absolute Gasteiger partial charge is 0.308 e. The van der Waals surface area contributed by atoms with Crippen LogP contribution in [0, 0.1) is 17.8 Å². The number of carbonyl (C=O) groups excluding carboxylic acids is 1. The zero-order chi connectivity index (χ0) is 28.6. The van der Waals surface area contributed by atoms with Gasteiger partial charge in [-0.05, 0) is 66.3 Å². The number of likely N-dealkylation sites (tertiary alicyclic amines) is 1. The lowest BCUT2D eigenvalue weighted by atomic mass is 9.56. The molecule has 1 heterocycles. The number of hydrogen-bond acceptors (Lipinski definition) is 4. The molecule has 3 aliphatic rings. The summed E-state index contributed by atoms with van der Waals surface area (Å²) < 4.78 is 13.3. The molecule has 3 fully saturated rings. The lowest BCUT2D eigenvalue weighted by Gasteiger charge is -2.58. The minimum atomic E-state index is -0.272. The first-order valence-electron chi connectivity index (χ1n) is 15.7. The Bertz CT molecular complexity index is 1380. The van der Waals surface area contributed by atoms with Gasteiger partial charge in [-0.2, -0.15) is 0 Å². The van der Waals surface area contributed by atoms with Crippen LogP contribution in [0.4, 0.5) is 5.69 Å². The molecule has 5 heteroatoms. The SMILES string of the molecule is CO[C@H]1C[C@@H](Nc2ccc3ccccc3c2)C[C@@]2(c3cccc(OC(C)=O)c3)CC[N@+](CC(C)C)(CC3CC3)CC12. The van der Waals surface area contributed by atoms with E-state index in [0.717, 1.165) is 31.7 Å². The van der Waals surface area contributed by atoms with E-state index in [2.05, 4.69) is 79.8 Å². The molecule has 5 nitrogen and oxygen atoms in total. The van der Waals surface area contributed by atoms with Crippen molar-refractivity contribution in [1.82, 2.24) is 0 Å². The Morgan fingerprint density at radius 1 is 1.05 bits per heavy atom. The van der Waals surface area contributed by atoms with Gasteiger partial charge in [-0.3, -0.25) is 4.79 Å². The van der Waals surface area contributed by atoms with Crippen molar-refractivity contribution in [3.63, 3.8) is 0 Å². The van der Waals surface area contributed by atoms with Crippen LogP contribution in [-0.4, -0.2) is 55.9 Å². The van der Waals surface area contributed by atoms with Gasteiger partial charge in [0.25, 0.3) is 0 Å². The Hall–Kier alpha value is -2.89. The van der Waals surface area contributed by atoms with Crippen LogP contribution in [-0.2, 0) is 14.9 Å². The maximum atomic E-state index is 11.9. The summed E-state index contributed by atoms with van der Waals surface area (Å²) in [6.45, 7) is 11.2. The van der Waals surface area contributed by atoms with Crippen LogP contribution >= 0.6 is 0 Å². The summed E-state index contributed by atoms with van der Waals surface area (Å²) in [5.41, 5.74) is 2.41. The molecule has 6 rings (SSSR count). The first-order chi connectivity index (χ1) is 19.8. The van der Waals surface area contributed by atoms with E-state index in [1.54, 1.807) is 0 Å². The second kappa shape index (κ2) is 11.4. The van der Waals surface area contributed by atoms with Crippen LogP contribution in [0.1, 0.15) is 58.4 Å². The fourth-order valence-electron chi connectivity index (χ4n) is 8.43. The predicted molar refractivity (Wildman–Crippen MR) is 166 cm³/mol. The van der Waals surface area contributed by atoms with E-state index < -0.39 is 0 Å². The van der Waals surface area contributed by atoms with Gasteiger partial charge in [0, 0.05) is 55.4 Å². The van der Waals surface area contributed by atoms with Gasteiger partial charge < -0.3 is 19.3 Å². The summed E-state index contributed by atoms with van der Waals surface area (Å²) in [6, 6.07) is 23.9. The van der Waals surface area contributed by atoms with Gasteiger partial charge in [0.15, 0.2) is 0 Å². The molecule has 0 aromatic heterocycles. The molecule has 0 spiro atoms. The molecule has 1 saturated heterocycles. The fraction of sp³-hybridized carbons (Fsp3) is 0.528. The molecule has 1 aliphatic heterocycles. The topological polar surface area (TPSA) is 47.6 Å². The van der Waals surface area contributed by atoms with Gasteiger partial charge in [0.1, 0.15) is 5.75 Å². The normalized spacial score (nSPS) is 29.7. The summed E-state index contributed by atoms with van der Waals surface area (Å²) in [4.78, 5) is 11.9. The van der Waals surface area contributed by atoms with Crippen LogP contribution in [0.25, 0.3) is 10.8 Å². The molecule has 1 N–H and O–H groups in total. The first-order valence-corrected chi connectivity index (χ1v) is 15.7. The summed E-state index contributed by atoms with van der Waals surface area (Å²) >= 11 is 0. The standard InChI is InChI=1S/C36H47N2O3/c1-25(2)22-38(23-27-12-13-27)17-16-36(30-10-7-11-33(19-30)41-26(3)39)21-32(20-35(40-4)34(36)24-38)37-31-15-14-28-8-5-6-9-29(28)18-31/h5-11,14-15,18-19,25,27,32,34-35,37H,12-13,16-17,20-24H2,1-4H3/q+1/t32-,34?,35+,36-,38+/m1/s1. The highest BCUT2D eigenvalue weighted by Crippen LogP contribution is 2.53. The number of ether oxygens (including phenoxy) is 2. The number of nitrogens with one attached hydrogen (secondary N) is 1. The second-order valence-electron chi connectivity index (χ2n) is 13.7.